The number of benzene rings is 1. The van der Waals surface area contributed by atoms with Gasteiger partial charge in [0, 0.05) is 43.2 Å². The Labute approximate surface area is 159 Å². The Morgan fingerprint density at radius 2 is 1.88 bits per heavy atom. The molecule has 0 aliphatic carbocycles. The minimum Gasteiger partial charge on any atom is -0.340 e. The van der Waals surface area contributed by atoms with Crippen LogP contribution < -0.4 is 0 Å². The Morgan fingerprint density at radius 3 is 2.58 bits per heavy atom. The van der Waals surface area contributed by atoms with E-state index >= 15 is 0 Å². The van der Waals surface area contributed by atoms with Gasteiger partial charge in [-0.2, -0.15) is 4.98 Å². The lowest BCUT2D eigenvalue weighted by Gasteiger charge is -2.34. The number of nitrogens with zero attached hydrogens (tertiary/aromatic N) is 4. The van der Waals surface area contributed by atoms with Crippen LogP contribution in [0.5, 0.6) is 0 Å². The predicted octanol–water partition coefficient (Wildman–Crippen LogP) is 3.61. The standard InChI is InChI=1S/C19H25ClN4O2/c1-2-3-4-5-18(25)24-12-10-23(11-13-24)14-17-21-19(22-26-17)15-6-8-16(20)9-7-15/h6-9H,2-5,10-14H2,1H3. The fraction of sp³-hybridized carbons (Fsp3) is 0.526. The number of hydrogen-bond donors (Lipinski definition) is 0. The molecule has 1 fully saturated rings. The molecular formula is C19H25ClN4O2. The molecule has 26 heavy (non-hydrogen) atoms. The molecule has 1 saturated heterocycles. The van der Waals surface area contributed by atoms with Gasteiger partial charge in [-0.15, -0.1) is 0 Å². The maximum absolute atomic E-state index is 12.2. The van der Waals surface area contributed by atoms with E-state index in [1.165, 1.54) is 0 Å². The second kappa shape index (κ2) is 9.14. The number of piperazine rings is 1. The van der Waals surface area contributed by atoms with Crippen molar-refractivity contribution in [2.45, 2.75) is 39.2 Å². The van der Waals surface area contributed by atoms with Crippen LogP contribution in [0.3, 0.4) is 0 Å². The third-order valence-electron chi connectivity index (χ3n) is 4.65. The molecule has 0 radical (unpaired) electrons. The second-order valence-electron chi connectivity index (χ2n) is 6.63. The molecule has 0 spiro atoms. The van der Waals surface area contributed by atoms with Crippen LogP contribution in [-0.4, -0.2) is 52.0 Å². The van der Waals surface area contributed by atoms with Gasteiger partial charge in [0.2, 0.25) is 17.6 Å². The highest BCUT2D eigenvalue weighted by Crippen LogP contribution is 2.19. The van der Waals surface area contributed by atoms with E-state index in [4.69, 9.17) is 16.1 Å². The molecule has 1 aromatic carbocycles. The molecule has 0 N–H and O–H groups in total. The van der Waals surface area contributed by atoms with Gasteiger partial charge in [-0.05, 0) is 30.7 Å². The summed E-state index contributed by atoms with van der Waals surface area (Å²) in [5.41, 5.74) is 0.881. The molecule has 7 heteroatoms. The van der Waals surface area contributed by atoms with Crippen molar-refractivity contribution in [3.05, 3.63) is 35.2 Å². The van der Waals surface area contributed by atoms with Crippen LogP contribution in [0.25, 0.3) is 11.4 Å². The van der Waals surface area contributed by atoms with Gasteiger partial charge in [0.05, 0.1) is 6.54 Å². The fourth-order valence-electron chi connectivity index (χ4n) is 3.07. The quantitative estimate of drug-likeness (QED) is 0.691. The van der Waals surface area contributed by atoms with E-state index in [-0.39, 0.29) is 5.91 Å². The Kier molecular flexibility index (Phi) is 6.63. The van der Waals surface area contributed by atoms with Crippen LogP contribution >= 0.6 is 11.6 Å². The Balaban J connectivity index is 1.47. The zero-order chi connectivity index (χ0) is 18.4. The first kappa shape index (κ1) is 18.9. The molecule has 140 valence electrons. The molecule has 3 rings (SSSR count). The van der Waals surface area contributed by atoms with Crippen LogP contribution in [0.15, 0.2) is 28.8 Å². The smallest absolute Gasteiger partial charge is 0.241 e. The molecule has 1 aliphatic rings. The van der Waals surface area contributed by atoms with Crippen molar-refractivity contribution < 1.29 is 9.32 Å². The monoisotopic (exact) mass is 376 g/mol. The number of carbonyl (C=O) groups excluding carboxylic acids is 1. The van der Waals surface area contributed by atoms with E-state index in [1.807, 2.05) is 29.2 Å². The van der Waals surface area contributed by atoms with Crippen molar-refractivity contribution in [1.29, 1.82) is 0 Å². The molecule has 2 heterocycles. The Morgan fingerprint density at radius 1 is 1.15 bits per heavy atom. The van der Waals surface area contributed by atoms with Crippen molar-refractivity contribution in [2.24, 2.45) is 0 Å². The minimum absolute atomic E-state index is 0.279. The molecule has 1 aromatic heterocycles. The molecule has 0 unspecified atom stereocenters. The number of amides is 1. The van der Waals surface area contributed by atoms with Crippen LogP contribution in [0, 0.1) is 0 Å². The van der Waals surface area contributed by atoms with Crippen molar-refractivity contribution in [1.82, 2.24) is 19.9 Å². The summed E-state index contributed by atoms with van der Waals surface area (Å²) in [5.74, 6) is 1.44. The molecule has 0 bridgehead atoms. The molecule has 0 saturated carbocycles. The summed E-state index contributed by atoms with van der Waals surface area (Å²) in [5, 5.41) is 4.73. The maximum atomic E-state index is 12.2. The van der Waals surface area contributed by atoms with Gasteiger partial charge in [0.1, 0.15) is 0 Å². The van der Waals surface area contributed by atoms with Crippen LogP contribution in [0.4, 0.5) is 0 Å². The SMILES string of the molecule is CCCCCC(=O)N1CCN(Cc2nc(-c3ccc(Cl)cc3)no2)CC1. The maximum Gasteiger partial charge on any atom is 0.241 e. The first-order valence-electron chi connectivity index (χ1n) is 9.24. The van der Waals surface area contributed by atoms with Gasteiger partial charge < -0.3 is 9.42 Å². The number of carbonyl (C=O) groups is 1. The highest BCUT2D eigenvalue weighted by Gasteiger charge is 2.22. The third-order valence-corrected chi connectivity index (χ3v) is 4.90. The molecule has 6 nitrogen and oxygen atoms in total. The fourth-order valence-corrected chi connectivity index (χ4v) is 3.19. The largest absolute Gasteiger partial charge is 0.340 e. The Bertz CT molecular complexity index is 709. The first-order valence-corrected chi connectivity index (χ1v) is 9.62. The predicted molar refractivity (Wildman–Crippen MR) is 101 cm³/mol. The lowest BCUT2D eigenvalue weighted by molar-refractivity contribution is -0.133. The highest BCUT2D eigenvalue weighted by molar-refractivity contribution is 6.30. The van der Waals surface area contributed by atoms with Gasteiger partial charge in [0.15, 0.2) is 0 Å². The summed E-state index contributed by atoms with van der Waals surface area (Å²) in [6.45, 7) is 5.96. The van der Waals surface area contributed by atoms with Gasteiger partial charge in [-0.1, -0.05) is 36.5 Å². The number of unbranched alkanes of at least 4 members (excludes halogenated alkanes) is 2. The first-order chi connectivity index (χ1) is 12.7. The summed E-state index contributed by atoms with van der Waals surface area (Å²) >= 11 is 5.90. The van der Waals surface area contributed by atoms with E-state index in [1.54, 1.807) is 0 Å². The van der Waals surface area contributed by atoms with E-state index in [9.17, 15) is 4.79 Å². The molecule has 1 amide bonds. The van der Waals surface area contributed by atoms with Gasteiger partial charge in [-0.25, -0.2) is 0 Å². The molecule has 2 aromatic rings. The third kappa shape index (κ3) is 5.05. The lowest BCUT2D eigenvalue weighted by Crippen LogP contribution is -2.48. The normalized spacial score (nSPS) is 15.4. The summed E-state index contributed by atoms with van der Waals surface area (Å²) in [6, 6.07) is 7.37. The lowest BCUT2D eigenvalue weighted by atomic mass is 10.2. The number of hydrogen-bond acceptors (Lipinski definition) is 5. The van der Waals surface area contributed by atoms with Crippen LogP contribution in [0.1, 0.15) is 38.5 Å². The van der Waals surface area contributed by atoms with Crippen LogP contribution in [-0.2, 0) is 11.3 Å². The van der Waals surface area contributed by atoms with Crippen molar-refractivity contribution in [3.8, 4) is 11.4 Å². The van der Waals surface area contributed by atoms with E-state index in [2.05, 4.69) is 22.0 Å². The summed E-state index contributed by atoms with van der Waals surface area (Å²) < 4.78 is 5.38. The molecule has 0 atom stereocenters. The van der Waals surface area contributed by atoms with Crippen molar-refractivity contribution >= 4 is 17.5 Å². The van der Waals surface area contributed by atoms with Crippen molar-refractivity contribution in [2.75, 3.05) is 26.2 Å². The summed E-state index contributed by atoms with van der Waals surface area (Å²) in [7, 11) is 0. The molecular weight excluding hydrogens is 352 g/mol. The average Bonchev–Trinajstić information content (AvgIpc) is 3.11. The number of rotatable bonds is 7. The zero-order valence-corrected chi connectivity index (χ0v) is 15.9. The molecule has 1 aliphatic heterocycles. The van der Waals surface area contributed by atoms with Crippen molar-refractivity contribution in [3.63, 3.8) is 0 Å². The highest BCUT2D eigenvalue weighted by atomic mass is 35.5. The van der Waals surface area contributed by atoms with E-state index in [0.29, 0.717) is 29.7 Å². The second-order valence-corrected chi connectivity index (χ2v) is 7.07. The topological polar surface area (TPSA) is 62.5 Å². The summed E-state index contributed by atoms with van der Waals surface area (Å²) in [6.07, 6.45) is 3.93. The minimum atomic E-state index is 0.279. The van der Waals surface area contributed by atoms with E-state index in [0.717, 1.165) is 51.0 Å². The number of halogens is 1. The zero-order valence-electron chi connectivity index (χ0n) is 15.2. The number of aromatic nitrogens is 2. The van der Waals surface area contributed by atoms with Crippen LogP contribution in [0.2, 0.25) is 5.02 Å². The average molecular weight is 377 g/mol. The van der Waals surface area contributed by atoms with E-state index < -0.39 is 0 Å². The van der Waals surface area contributed by atoms with Gasteiger partial charge in [0.25, 0.3) is 0 Å². The van der Waals surface area contributed by atoms with Gasteiger partial charge >= 0.3 is 0 Å². The Hall–Kier alpha value is -1.92. The van der Waals surface area contributed by atoms with Gasteiger partial charge in [-0.3, -0.25) is 9.69 Å². The summed E-state index contributed by atoms with van der Waals surface area (Å²) in [4.78, 5) is 20.9.